The molecule has 0 radical (unpaired) electrons. The first kappa shape index (κ1) is 17.3. The summed E-state index contributed by atoms with van der Waals surface area (Å²) in [4.78, 5) is 24.4. The van der Waals surface area contributed by atoms with Crippen molar-refractivity contribution in [3.63, 3.8) is 0 Å². The van der Waals surface area contributed by atoms with Gasteiger partial charge < -0.3 is 15.4 Å². The molecule has 1 aliphatic rings. The van der Waals surface area contributed by atoms with Crippen LogP contribution in [0.1, 0.15) is 12.0 Å². The molecule has 1 fully saturated rings. The molecule has 2 aromatic rings. The highest BCUT2D eigenvalue weighted by atomic mass is 35.5. The van der Waals surface area contributed by atoms with Gasteiger partial charge in [-0.15, -0.1) is 0 Å². The number of nitrogens with one attached hydrogen (secondary N) is 2. The number of halogens is 1. The van der Waals surface area contributed by atoms with Crippen LogP contribution >= 0.6 is 11.6 Å². The van der Waals surface area contributed by atoms with E-state index in [-0.39, 0.29) is 23.7 Å². The fraction of sp³-hybridized carbons (Fsp3) is 0.263. The van der Waals surface area contributed by atoms with Crippen LogP contribution in [-0.2, 0) is 16.1 Å². The Hall–Kier alpha value is -2.53. The van der Waals surface area contributed by atoms with Crippen LogP contribution in [0.4, 0.5) is 5.69 Å². The van der Waals surface area contributed by atoms with E-state index in [1.54, 1.807) is 31.4 Å². The predicted octanol–water partition coefficient (Wildman–Crippen LogP) is 3.24. The molecular weight excluding hydrogens is 340 g/mol. The fourth-order valence-electron chi connectivity index (χ4n) is 2.64. The predicted molar refractivity (Wildman–Crippen MR) is 96.5 cm³/mol. The van der Waals surface area contributed by atoms with Gasteiger partial charge in [-0.2, -0.15) is 0 Å². The largest absolute Gasteiger partial charge is 0.497 e. The van der Waals surface area contributed by atoms with Crippen molar-refractivity contribution < 1.29 is 14.3 Å². The van der Waals surface area contributed by atoms with Crippen LogP contribution in [0.25, 0.3) is 0 Å². The zero-order chi connectivity index (χ0) is 17.8. The van der Waals surface area contributed by atoms with Crippen LogP contribution in [0.2, 0.25) is 5.02 Å². The van der Waals surface area contributed by atoms with Crippen LogP contribution in [0.5, 0.6) is 5.75 Å². The number of methoxy groups -OCH3 is 1. The number of ether oxygens (including phenoxy) is 1. The summed E-state index contributed by atoms with van der Waals surface area (Å²) >= 11 is 5.90. The van der Waals surface area contributed by atoms with Gasteiger partial charge in [0.1, 0.15) is 5.75 Å². The quantitative estimate of drug-likeness (QED) is 0.833. The highest BCUT2D eigenvalue weighted by molar-refractivity contribution is 6.30. The summed E-state index contributed by atoms with van der Waals surface area (Å²) in [5.74, 6) is -0.0174. The number of hydrogen-bond donors (Lipinski definition) is 2. The molecule has 25 heavy (non-hydrogen) atoms. The zero-order valence-electron chi connectivity index (χ0n) is 13.8. The lowest BCUT2D eigenvalue weighted by molar-refractivity contribution is -0.125. The fourth-order valence-corrected chi connectivity index (χ4v) is 2.83. The van der Waals surface area contributed by atoms with Gasteiger partial charge in [-0.25, -0.2) is 0 Å². The smallest absolute Gasteiger partial charge is 0.228 e. The molecule has 3 rings (SSSR count). The monoisotopic (exact) mass is 358 g/mol. The summed E-state index contributed by atoms with van der Waals surface area (Å²) in [6.07, 6.45) is 0.570. The lowest BCUT2D eigenvalue weighted by Crippen LogP contribution is -2.27. The van der Waals surface area contributed by atoms with Gasteiger partial charge in [-0.05, 0) is 42.3 Å². The number of carbonyl (C=O) groups excluding carboxylic acids is 2. The Balaban J connectivity index is 1.47. The van der Waals surface area contributed by atoms with E-state index < -0.39 is 0 Å². The van der Waals surface area contributed by atoms with Crippen LogP contribution < -0.4 is 15.4 Å². The highest BCUT2D eigenvalue weighted by Crippen LogP contribution is 2.39. The van der Waals surface area contributed by atoms with Crippen molar-refractivity contribution in [1.29, 1.82) is 0 Å². The number of anilines is 1. The van der Waals surface area contributed by atoms with Crippen molar-refractivity contribution in [2.75, 3.05) is 12.4 Å². The molecule has 130 valence electrons. The Kier molecular flexibility index (Phi) is 5.24. The van der Waals surface area contributed by atoms with Crippen molar-refractivity contribution in [3.05, 3.63) is 59.1 Å². The minimum Gasteiger partial charge on any atom is -0.497 e. The highest BCUT2D eigenvalue weighted by Gasteiger charge is 2.47. The first-order valence-corrected chi connectivity index (χ1v) is 8.41. The maximum absolute atomic E-state index is 12.2. The molecule has 0 spiro atoms. The van der Waals surface area contributed by atoms with Gasteiger partial charge in [-0.1, -0.05) is 29.8 Å². The van der Waals surface area contributed by atoms with E-state index >= 15 is 0 Å². The van der Waals surface area contributed by atoms with Crippen LogP contribution in [0.15, 0.2) is 48.5 Å². The molecule has 2 atom stereocenters. The molecule has 2 N–H and O–H groups in total. The van der Waals surface area contributed by atoms with E-state index in [1.807, 2.05) is 24.3 Å². The second-order valence-corrected chi connectivity index (χ2v) is 6.45. The lowest BCUT2D eigenvalue weighted by Gasteiger charge is -2.07. The average Bonchev–Trinajstić information content (AvgIpc) is 3.41. The minimum atomic E-state index is -0.283. The van der Waals surface area contributed by atoms with Gasteiger partial charge in [0.2, 0.25) is 11.8 Å². The van der Waals surface area contributed by atoms with Gasteiger partial charge in [0.25, 0.3) is 0 Å². The van der Waals surface area contributed by atoms with E-state index in [9.17, 15) is 9.59 Å². The summed E-state index contributed by atoms with van der Waals surface area (Å²) in [6, 6.07) is 14.4. The Bertz CT molecular complexity index is 776. The summed E-state index contributed by atoms with van der Waals surface area (Å²) in [5, 5.41) is 6.23. The molecule has 0 saturated heterocycles. The van der Waals surface area contributed by atoms with E-state index in [0.29, 0.717) is 23.7 Å². The normalized spacial score (nSPS) is 18.3. The Morgan fingerprint density at radius 2 is 1.84 bits per heavy atom. The molecule has 2 unspecified atom stereocenters. The van der Waals surface area contributed by atoms with E-state index in [4.69, 9.17) is 16.3 Å². The Morgan fingerprint density at radius 1 is 1.12 bits per heavy atom. The van der Waals surface area contributed by atoms with Gasteiger partial charge in [0.05, 0.1) is 18.9 Å². The van der Waals surface area contributed by atoms with Gasteiger partial charge in [0, 0.05) is 17.3 Å². The van der Waals surface area contributed by atoms with E-state index in [0.717, 1.165) is 11.3 Å². The average molecular weight is 359 g/mol. The van der Waals surface area contributed by atoms with Crippen molar-refractivity contribution in [2.45, 2.75) is 13.0 Å². The van der Waals surface area contributed by atoms with Gasteiger partial charge in [-0.3, -0.25) is 9.59 Å². The van der Waals surface area contributed by atoms with E-state index in [1.165, 1.54) is 0 Å². The second-order valence-electron chi connectivity index (χ2n) is 6.01. The molecular formula is C19H19ClN2O3. The number of rotatable bonds is 6. The van der Waals surface area contributed by atoms with Gasteiger partial charge in [0.15, 0.2) is 0 Å². The maximum Gasteiger partial charge on any atom is 0.228 e. The topological polar surface area (TPSA) is 67.4 Å². The molecule has 1 saturated carbocycles. The van der Waals surface area contributed by atoms with Crippen molar-refractivity contribution in [3.8, 4) is 5.75 Å². The molecule has 1 aliphatic carbocycles. The third kappa shape index (κ3) is 4.51. The Labute approximate surface area is 151 Å². The molecule has 5 nitrogen and oxygen atoms in total. The maximum atomic E-state index is 12.2. The SMILES string of the molecule is COc1ccc(CNC(=O)C2CC2C(=O)Nc2cccc(Cl)c2)cc1. The minimum absolute atomic E-state index is 0.0953. The van der Waals surface area contributed by atoms with Crippen molar-refractivity contribution in [2.24, 2.45) is 11.8 Å². The number of hydrogen-bond acceptors (Lipinski definition) is 3. The molecule has 2 amide bonds. The van der Waals surface area contributed by atoms with Crippen LogP contribution in [0, 0.1) is 11.8 Å². The van der Waals surface area contributed by atoms with Crippen LogP contribution in [0.3, 0.4) is 0 Å². The molecule has 0 bridgehead atoms. The Morgan fingerprint density at radius 3 is 2.52 bits per heavy atom. The summed E-state index contributed by atoms with van der Waals surface area (Å²) in [5.41, 5.74) is 1.62. The third-order valence-electron chi connectivity index (χ3n) is 4.18. The lowest BCUT2D eigenvalue weighted by atomic mass is 10.2. The van der Waals surface area contributed by atoms with Crippen LogP contribution in [-0.4, -0.2) is 18.9 Å². The molecule has 0 aliphatic heterocycles. The third-order valence-corrected chi connectivity index (χ3v) is 4.42. The number of amides is 2. The first-order valence-electron chi connectivity index (χ1n) is 8.04. The standard InChI is InChI=1S/C19H19ClN2O3/c1-25-15-7-5-12(6-8-15)11-21-18(23)16-10-17(16)19(24)22-14-4-2-3-13(20)9-14/h2-9,16-17H,10-11H2,1H3,(H,21,23)(H,22,24). The first-order chi connectivity index (χ1) is 12.1. The molecule has 6 heteroatoms. The summed E-state index contributed by atoms with van der Waals surface area (Å²) in [7, 11) is 1.61. The van der Waals surface area contributed by atoms with Gasteiger partial charge >= 0.3 is 0 Å². The molecule has 2 aromatic carbocycles. The zero-order valence-corrected chi connectivity index (χ0v) is 14.5. The van der Waals surface area contributed by atoms with E-state index in [2.05, 4.69) is 10.6 Å². The number of benzene rings is 2. The van der Waals surface area contributed by atoms with Crippen molar-refractivity contribution >= 4 is 29.1 Å². The summed E-state index contributed by atoms with van der Waals surface area (Å²) < 4.78 is 5.10. The summed E-state index contributed by atoms with van der Waals surface area (Å²) in [6.45, 7) is 0.432. The molecule has 0 aromatic heterocycles. The molecule has 0 heterocycles. The van der Waals surface area contributed by atoms with Crippen molar-refractivity contribution in [1.82, 2.24) is 5.32 Å². The second kappa shape index (κ2) is 7.57. The number of carbonyl (C=O) groups is 2.